The van der Waals surface area contributed by atoms with Gasteiger partial charge in [-0.2, -0.15) is 0 Å². The van der Waals surface area contributed by atoms with Crippen LogP contribution in [0.15, 0.2) is 24.3 Å². The van der Waals surface area contributed by atoms with Crippen LogP contribution in [0, 0.1) is 5.82 Å². The SMILES string of the molecule is CC(C)(CNC(=O)NC1CCC(O)CC1)c1ccc(F)cc1. The highest BCUT2D eigenvalue weighted by molar-refractivity contribution is 5.74. The fourth-order valence-corrected chi connectivity index (χ4v) is 2.76. The molecule has 1 aromatic rings. The minimum Gasteiger partial charge on any atom is -0.393 e. The van der Waals surface area contributed by atoms with E-state index >= 15 is 0 Å². The second kappa shape index (κ2) is 7.09. The zero-order chi connectivity index (χ0) is 16.2. The molecule has 5 heteroatoms. The standard InChI is InChI=1S/C17H25FN2O2/c1-17(2,12-3-5-13(18)6-4-12)11-19-16(22)20-14-7-9-15(21)10-8-14/h3-6,14-15,21H,7-11H2,1-2H3,(H2,19,20,22). The van der Waals surface area contributed by atoms with Crippen molar-refractivity contribution in [3.05, 3.63) is 35.6 Å². The third-order valence-corrected chi connectivity index (χ3v) is 4.35. The van der Waals surface area contributed by atoms with E-state index in [1.165, 1.54) is 12.1 Å². The Morgan fingerprint density at radius 2 is 1.82 bits per heavy atom. The number of carbonyl (C=O) groups excluding carboxylic acids is 1. The average molecular weight is 308 g/mol. The van der Waals surface area contributed by atoms with Gasteiger partial charge in [0, 0.05) is 18.0 Å². The second-order valence-corrected chi connectivity index (χ2v) is 6.72. The molecule has 0 saturated heterocycles. The molecule has 1 fully saturated rings. The Balaban J connectivity index is 1.81. The lowest BCUT2D eigenvalue weighted by atomic mass is 9.84. The topological polar surface area (TPSA) is 61.4 Å². The van der Waals surface area contributed by atoms with Gasteiger partial charge in [0.15, 0.2) is 0 Å². The number of urea groups is 1. The zero-order valence-electron chi connectivity index (χ0n) is 13.2. The highest BCUT2D eigenvalue weighted by Gasteiger charge is 2.24. The molecule has 0 heterocycles. The van der Waals surface area contributed by atoms with Gasteiger partial charge in [0.25, 0.3) is 0 Å². The minimum atomic E-state index is -0.270. The van der Waals surface area contributed by atoms with Crippen molar-refractivity contribution < 1.29 is 14.3 Å². The Labute approximate surface area is 131 Å². The maximum atomic E-state index is 13.0. The van der Waals surface area contributed by atoms with Crippen LogP contribution in [0.3, 0.4) is 0 Å². The van der Waals surface area contributed by atoms with E-state index in [0.29, 0.717) is 6.54 Å². The van der Waals surface area contributed by atoms with Crippen molar-refractivity contribution in [3.8, 4) is 0 Å². The normalized spacial score (nSPS) is 22.2. The van der Waals surface area contributed by atoms with Crippen molar-refractivity contribution in [3.63, 3.8) is 0 Å². The molecule has 122 valence electrons. The zero-order valence-corrected chi connectivity index (χ0v) is 13.2. The van der Waals surface area contributed by atoms with Crippen LogP contribution >= 0.6 is 0 Å². The molecule has 2 amide bonds. The number of carbonyl (C=O) groups is 1. The van der Waals surface area contributed by atoms with Gasteiger partial charge < -0.3 is 15.7 Å². The molecule has 1 aliphatic rings. The maximum absolute atomic E-state index is 13.0. The van der Waals surface area contributed by atoms with Crippen LogP contribution in [0.1, 0.15) is 45.1 Å². The van der Waals surface area contributed by atoms with E-state index < -0.39 is 0 Å². The Bertz CT molecular complexity index is 494. The van der Waals surface area contributed by atoms with Crippen LogP contribution in [-0.4, -0.2) is 29.8 Å². The lowest BCUT2D eigenvalue weighted by Crippen LogP contribution is -2.47. The van der Waals surface area contributed by atoms with E-state index in [1.807, 2.05) is 13.8 Å². The van der Waals surface area contributed by atoms with Crippen molar-refractivity contribution in [1.29, 1.82) is 0 Å². The van der Waals surface area contributed by atoms with Gasteiger partial charge in [0.05, 0.1) is 6.10 Å². The fraction of sp³-hybridized carbons (Fsp3) is 0.588. The predicted molar refractivity (Wildman–Crippen MR) is 84.2 cm³/mol. The molecule has 22 heavy (non-hydrogen) atoms. The van der Waals surface area contributed by atoms with Gasteiger partial charge in [-0.1, -0.05) is 26.0 Å². The number of hydrogen-bond donors (Lipinski definition) is 3. The third kappa shape index (κ3) is 4.70. The molecule has 3 N–H and O–H groups in total. The van der Waals surface area contributed by atoms with Gasteiger partial charge in [-0.15, -0.1) is 0 Å². The molecule has 1 saturated carbocycles. The lowest BCUT2D eigenvalue weighted by molar-refractivity contribution is 0.117. The summed E-state index contributed by atoms with van der Waals surface area (Å²) in [7, 11) is 0. The molecule has 0 atom stereocenters. The minimum absolute atomic E-state index is 0.136. The molecule has 0 bridgehead atoms. The number of benzene rings is 1. The number of halogens is 1. The van der Waals surface area contributed by atoms with E-state index in [-0.39, 0.29) is 29.4 Å². The van der Waals surface area contributed by atoms with E-state index in [0.717, 1.165) is 31.2 Å². The Morgan fingerprint density at radius 3 is 2.41 bits per heavy atom. The monoisotopic (exact) mass is 308 g/mol. The fourth-order valence-electron chi connectivity index (χ4n) is 2.76. The molecule has 1 aliphatic carbocycles. The molecule has 0 spiro atoms. The van der Waals surface area contributed by atoms with E-state index in [2.05, 4.69) is 10.6 Å². The summed E-state index contributed by atoms with van der Waals surface area (Å²) in [5.41, 5.74) is 0.711. The molecule has 1 aromatic carbocycles. The summed E-state index contributed by atoms with van der Waals surface area (Å²) in [4.78, 5) is 12.0. The van der Waals surface area contributed by atoms with Crippen molar-refractivity contribution in [1.82, 2.24) is 10.6 Å². The second-order valence-electron chi connectivity index (χ2n) is 6.72. The Hall–Kier alpha value is -1.62. The maximum Gasteiger partial charge on any atom is 0.315 e. The Morgan fingerprint density at radius 1 is 1.23 bits per heavy atom. The van der Waals surface area contributed by atoms with Crippen LogP contribution < -0.4 is 10.6 Å². The summed E-state index contributed by atoms with van der Waals surface area (Å²) >= 11 is 0. The van der Waals surface area contributed by atoms with Crippen molar-refractivity contribution in [2.75, 3.05) is 6.54 Å². The average Bonchev–Trinajstić information content (AvgIpc) is 2.48. The van der Waals surface area contributed by atoms with Crippen LogP contribution in [0.2, 0.25) is 0 Å². The van der Waals surface area contributed by atoms with Gasteiger partial charge in [0.1, 0.15) is 5.82 Å². The number of nitrogens with one attached hydrogen (secondary N) is 2. The van der Waals surface area contributed by atoms with Crippen LogP contribution in [0.25, 0.3) is 0 Å². The van der Waals surface area contributed by atoms with Crippen LogP contribution in [0.4, 0.5) is 9.18 Å². The summed E-state index contributed by atoms with van der Waals surface area (Å²) in [5, 5.41) is 15.3. The first-order chi connectivity index (χ1) is 10.4. The van der Waals surface area contributed by atoms with Crippen LogP contribution in [0.5, 0.6) is 0 Å². The third-order valence-electron chi connectivity index (χ3n) is 4.35. The molecule has 0 aliphatic heterocycles. The number of rotatable bonds is 4. The number of amides is 2. The van der Waals surface area contributed by atoms with E-state index in [4.69, 9.17) is 0 Å². The molecule has 0 aromatic heterocycles. The van der Waals surface area contributed by atoms with Gasteiger partial charge in [-0.05, 0) is 43.4 Å². The molecule has 0 radical (unpaired) electrons. The molecule has 4 nitrogen and oxygen atoms in total. The summed E-state index contributed by atoms with van der Waals surface area (Å²) in [6.45, 7) is 4.49. The number of aliphatic hydroxyl groups is 1. The molecule has 2 rings (SSSR count). The van der Waals surface area contributed by atoms with Gasteiger partial charge in [-0.3, -0.25) is 0 Å². The summed E-state index contributed by atoms with van der Waals surface area (Å²) in [5.74, 6) is -0.260. The summed E-state index contributed by atoms with van der Waals surface area (Å²) in [6.07, 6.45) is 2.89. The van der Waals surface area contributed by atoms with Crippen LogP contribution in [-0.2, 0) is 5.41 Å². The smallest absolute Gasteiger partial charge is 0.315 e. The molecular weight excluding hydrogens is 283 g/mol. The first kappa shape index (κ1) is 16.7. The molecular formula is C17H25FN2O2. The lowest BCUT2D eigenvalue weighted by Gasteiger charge is -2.28. The van der Waals surface area contributed by atoms with Crippen molar-refractivity contribution in [2.24, 2.45) is 0 Å². The highest BCUT2D eigenvalue weighted by atomic mass is 19.1. The first-order valence-corrected chi connectivity index (χ1v) is 7.85. The number of hydrogen-bond acceptors (Lipinski definition) is 2. The summed E-state index contributed by atoms with van der Waals surface area (Å²) < 4.78 is 13.0. The first-order valence-electron chi connectivity index (χ1n) is 7.85. The highest BCUT2D eigenvalue weighted by Crippen LogP contribution is 2.22. The van der Waals surface area contributed by atoms with Crippen molar-refractivity contribution in [2.45, 2.75) is 57.1 Å². The number of aliphatic hydroxyl groups excluding tert-OH is 1. The van der Waals surface area contributed by atoms with E-state index in [1.54, 1.807) is 12.1 Å². The largest absolute Gasteiger partial charge is 0.393 e. The van der Waals surface area contributed by atoms with Crippen molar-refractivity contribution >= 4 is 6.03 Å². The van der Waals surface area contributed by atoms with Gasteiger partial charge in [0.2, 0.25) is 0 Å². The molecule has 0 unspecified atom stereocenters. The van der Waals surface area contributed by atoms with Gasteiger partial charge in [-0.25, -0.2) is 9.18 Å². The van der Waals surface area contributed by atoms with Gasteiger partial charge >= 0.3 is 6.03 Å². The summed E-state index contributed by atoms with van der Waals surface area (Å²) in [6, 6.07) is 6.32. The Kier molecular flexibility index (Phi) is 5.40. The quantitative estimate of drug-likeness (QED) is 0.801. The predicted octanol–water partition coefficient (Wildman–Crippen LogP) is 2.71. The van der Waals surface area contributed by atoms with E-state index in [9.17, 15) is 14.3 Å².